The van der Waals surface area contributed by atoms with E-state index in [9.17, 15) is 9.18 Å². The average molecular weight is 540 g/mol. The van der Waals surface area contributed by atoms with Gasteiger partial charge in [0.25, 0.3) is 5.91 Å². The van der Waals surface area contributed by atoms with E-state index in [4.69, 9.17) is 27.9 Å². The number of carbonyl (C=O) groups is 1. The minimum Gasteiger partial charge on any atom is -0.493 e. The molecule has 2 aromatic carbocycles. The van der Waals surface area contributed by atoms with Crippen LogP contribution in [0.5, 0.6) is 5.75 Å². The van der Waals surface area contributed by atoms with Gasteiger partial charge in [-0.15, -0.1) is 0 Å². The summed E-state index contributed by atoms with van der Waals surface area (Å²) in [6.45, 7) is 7.41. The van der Waals surface area contributed by atoms with Gasteiger partial charge in [-0.05, 0) is 104 Å². The average Bonchev–Trinajstić information content (AvgIpc) is 3.66. The Labute approximate surface area is 222 Å². The van der Waals surface area contributed by atoms with Crippen molar-refractivity contribution in [3.8, 4) is 5.75 Å². The highest BCUT2D eigenvalue weighted by atomic mass is 35.5. The molecule has 4 rings (SSSR count). The molecule has 2 fully saturated rings. The lowest BCUT2D eigenvalue weighted by Gasteiger charge is -2.32. The molecule has 1 heterocycles. The molecule has 0 radical (unpaired) electrons. The monoisotopic (exact) mass is 538 g/mol. The van der Waals surface area contributed by atoms with Crippen molar-refractivity contribution in [1.82, 2.24) is 9.62 Å². The van der Waals surface area contributed by atoms with E-state index in [2.05, 4.69) is 16.5 Å². The standard InChI is InChI=1S/C27H33Cl2FN2O2S/c1-3-17(2)35-31-27(33)24-13-23(20-4-5-20)26(14-25(24)30)34-16-18-6-8-32(9-7-18)15-19-10-21(28)12-22(29)11-19/h10-14,17-18,20H,3-9,15-16H2,1-2H3,(H,31,33). The number of piperidine rings is 1. The topological polar surface area (TPSA) is 41.6 Å². The fraction of sp³-hybridized carbons (Fsp3) is 0.519. The summed E-state index contributed by atoms with van der Waals surface area (Å²) in [5, 5.41) is 1.60. The molecular weight excluding hydrogens is 506 g/mol. The molecule has 1 aliphatic heterocycles. The zero-order valence-corrected chi connectivity index (χ0v) is 22.6. The van der Waals surface area contributed by atoms with Crippen molar-refractivity contribution in [2.45, 2.75) is 63.7 Å². The van der Waals surface area contributed by atoms with E-state index >= 15 is 0 Å². The Morgan fingerprint density at radius 1 is 1.14 bits per heavy atom. The second-order valence-corrected chi connectivity index (χ2v) is 11.8. The van der Waals surface area contributed by atoms with E-state index in [1.54, 1.807) is 12.1 Å². The Balaban J connectivity index is 1.32. The molecule has 8 heteroatoms. The van der Waals surface area contributed by atoms with Gasteiger partial charge in [-0.3, -0.25) is 14.4 Å². The first-order chi connectivity index (χ1) is 16.8. The van der Waals surface area contributed by atoms with Crippen molar-refractivity contribution < 1.29 is 13.9 Å². The van der Waals surface area contributed by atoms with Gasteiger partial charge in [-0.2, -0.15) is 0 Å². The second-order valence-electron chi connectivity index (χ2n) is 9.72. The molecule has 0 bridgehead atoms. The van der Waals surface area contributed by atoms with Gasteiger partial charge in [0.05, 0.1) is 12.2 Å². The molecule has 190 valence electrons. The van der Waals surface area contributed by atoms with Gasteiger partial charge in [0.15, 0.2) is 0 Å². The first kappa shape index (κ1) is 26.6. The van der Waals surface area contributed by atoms with Gasteiger partial charge in [-0.1, -0.05) is 37.0 Å². The number of halogens is 3. The highest BCUT2D eigenvalue weighted by molar-refractivity contribution is 7.98. The molecule has 4 nitrogen and oxygen atoms in total. The number of hydrogen-bond donors (Lipinski definition) is 1. The quantitative estimate of drug-likeness (QED) is 0.318. The predicted octanol–water partition coefficient (Wildman–Crippen LogP) is 7.48. The molecule has 0 spiro atoms. The van der Waals surface area contributed by atoms with Crippen LogP contribution in [0.15, 0.2) is 30.3 Å². The number of hydrogen-bond acceptors (Lipinski definition) is 4. The molecule has 1 saturated carbocycles. The van der Waals surface area contributed by atoms with E-state index in [1.165, 1.54) is 18.0 Å². The van der Waals surface area contributed by atoms with Gasteiger partial charge in [0.1, 0.15) is 11.6 Å². The highest BCUT2D eigenvalue weighted by Crippen LogP contribution is 2.45. The molecule has 1 amide bonds. The number of amides is 1. The third kappa shape index (κ3) is 7.51. The maximum Gasteiger partial charge on any atom is 0.264 e. The summed E-state index contributed by atoms with van der Waals surface area (Å²) < 4.78 is 23.8. The summed E-state index contributed by atoms with van der Waals surface area (Å²) in [5.74, 6) is 0.452. The molecule has 1 unspecified atom stereocenters. The first-order valence-corrected chi connectivity index (χ1v) is 14.1. The Hall–Kier alpha value is -1.47. The molecule has 1 N–H and O–H groups in total. The fourth-order valence-corrected chi connectivity index (χ4v) is 5.51. The summed E-state index contributed by atoms with van der Waals surface area (Å²) in [6, 6.07) is 8.79. The van der Waals surface area contributed by atoms with Crippen LogP contribution in [0.2, 0.25) is 10.0 Å². The molecule has 1 atom stereocenters. The fourth-order valence-electron chi connectivity index (χ4n) is 4.36. The Morgan fingerprint density at radius 2 is 1.83 bits per heavy atom. The molecule has 1 saturated heterocycles. The number of nitrogens with one attached hydrogen (secondary N) is 1. The van der Waals surface area contributed by atoms with Gasteiger partial charge in [-0.25, -0.2) is 4.39 Å². The zero-order chi connectivity index (χ0) is 24.9. The lowest BCUT2D eigenvalue weighted by atomic mass is 9.97. The maximum absolute atomic E-state index is 14.9. The summed E-state index contributed by atoms with van der Waals surface area (Å²) in [4.78, 5) is 15.0. The molecule has 2 aromatic rings. The van der Waals surface area contributed by atoms with Crippen LogP contribution in [0.3, 0.4) is 0 Å². The van der Waals surface area contributed by atoms with Crippen LogP contribution >= 0.6 is 35.1 Å². The maximum atomic E-state index is 14.9. The van der Waals surface area contributed by atoms with Crippen molar-refractivity contribution in [3.63, 3.8) is 0 Å². The van der Waals surface area contributed by atoms with E-state index in [0.29, 0.717) is 34.2 Å². The number of ether oxygens (including phenoxy) is 1. The van der Waals surface area contributed by atoms with E-state index < -0.39 is 5.82 Å². The van der Waals surface area contributed by atoms with Crippen LogP contribution in [0, 0.1) is 11.7 Å². The highest BCUT2D eigenvalue weighted by Gasteiger charge is 2.30. The molecule has 0 aromatic heterocycles. The van der Waals surface area contributed by atoms with Crippen LogP contribution in [-0.4, -0.2) is 35.8 Å². The normalized spacial score (nSPS) is 17.9. The van der Waals surface area contributed by atoms with Gasteiger partial charge in [0.2, 0.25) is 0 Å². The van der Waals surface area contributed by atoms with Crippen LogP contribution in [0.25, 0.3) is 0 Å². The molecule has 35 heavy (non-hydrogen) atoms. The molecule has 2 aliphatic rings. The van der Waals surface area contributed by atoms with E-state index in [1.807, 2.05) is 19.1 Å². The zero-order valence-electron chi connectivity index (χ0n) is 20.3. The first-order valence-electron chi connectivity index (χ1n) is 12.4. The minimum absolute atomic E-state index is 0.101. The minimum atomic E-state index is -0.526. The van der Waals surface area contributed by atoms with Crippen molar-refractivity contribution in [2.75, 3.05) is 19.7 Å². The van der Waals surface area contributed by atoms with Crippen LogP contribution < -0.4 is 9.46 Å². The van der Waals surface area contributed by atoms with Crippen LogP contribution in [-0.2, 0) is 6.54 Å². The number of nitrogens with zero attached hydrogens (tertiary/aromatic N) is 1. The Kier molecular flexibility index (Phi) is 9.25. The van der Waals surface area contributed by atoms with Crippen molar-refractivity contribution in [3.05, 3.63) is 62.9 Å². The van der Waals surface area contributed by atoms with Crippen molar-refractivity contribution in [2.24, 2.45) is 5.92 Å². The largest absolute Gasteiger partial charge is 0.493 e. The second kappa shape index (κ2) is 12.2. The Morgan fingerprint density at radius 3 is 2.46 bits per heavy atom. The van der Waals surface area contributed by atoms with Gasteiger partial charge < -0.3 is 4.74 Å². The van der Waals surface area contributed by atoms with Crippen LogP contribution in [0.1, 0.15) is 73.4 Å². The summed E-state index contributed by atoms with van der Waals surface area (Å²) in [6.07, 6.45) is 5.07. The SMILES string of the molecule is CCC(C)SNC(=O)c1cc(C2CC2)c(OCC2CCN(Cc3cc(Cl)cc(Cl)c3)CC2)cc1F. The predicted molar refractivity (Wildman–Crippen MR) is 143 cm³/mol. The summed E-state index contributed by atoms with van der Waals surface area (Å²) in [5.41, 5.74) is 2.18. The lowest BCUT2D eigenvalue weighted by Crippen LogP contribution is -2.35. The third-order valence-corrected chi connectivity index (χ3v) is 8.27. The van der Waals surface area contributed by atoms with E-state index in [-0.39, 0.29) is 16.7 Å². The molecular formula is C27H33Cl2FN2O2S. The third-order valence-electron chi connectivity index (χ3n) is 6.80. The van der Waals surface area contributed by atoms with Crippen molar-refractivity contribution in [1.29, 1.82) is 0 Å². The number of rotatable bonds is 10. The summed E-state index contributed by atoms with van der Waals surface area (Å²) in [7, 11) is 0. The molecule has 1 aliphatic carbocycles. The van der Waals surface area contributed by atoms with Gasteiger partial charge >= 0.3 is 0 Å². The van der Waals surface area contributed by atoms with Gasteiger partial charge in [0, 0.05) is 27.9 Å². The summed E-state index contributed by atoms with van der Waals surface area (Å²) >= 11 is 13.6. The van der Waals surface area contributed by atoms with Crippen molar-refractivity contribution >= 4 is 41.1 Å². The number of benzene rings is 2. The van der Waals surface area contributed by atoms with E-state index in [0.717, 1.165) is 62.9 Å². The smallest absolute Gasteiger partial charge is 0.264 e. The lowest BCUT2D eigenvalue weighted by molar-refractivity contribution is 0.0980. The Bertz CT molecular complexity index is 1020. The van der Waals surface area contributed by atoms with Crippen LogP contribution in [0.4, 0.5) is 4.39 Å². The number of carbonyl (C=O) groups excluding carboxylic acids is 1. The number of likely N-dealkylation sites (tertiary alicyclic amines) is 1.